The quantitative estimate of drug-likeness (QED) is 0.756. The molecule has 6 heteroatoms. The highest BCUT2D eigenvalue weighted by atomic mass is 16.2. The summed E-state index contributed by atoms with van der Waals surface area (Å²) in [7, 11) is 0. The summed E-state index contributed by atoms with van der Waals surface area (Å²) in [5, 5.41) is 0. The van der Waals surface area contributed by atoms with E-state index in [1.807, 2.05) is 11.0 Å². The third kappa shape index (κ3) is 2.84. The van der Waals surface area contributed by atoms with Crippen LogP contribution in [0.1, 0.15) is 6.42 Å². The molecule has 2 fully saturated rings. The lowest BCUT2D eigenvalue weighted by Gasteiger charge is -2.37. The zero-order chi connectivity index (χ0) is 13.1. The summed E-state index contributed by atoms with van der Waals surface area (Å²) in [5.41, 5.74) is 0. The van der Waals surface area contributed by atoms with Crippen molar-refractivity contribution in [1.29, 1.82) is 0 Å². The topological polar surface area (TPSA) is 52.6 Å². The van der Waals surface area contributed by atoms with E-state index in [1.54, 1.807) is 12.4 Å². The average Bonchev–Trinajstić information content (AvgIpc) is 2.38. The van der Waals surface area contributed by atoms with Crippen LogP contribution in [0.25, 0.3) is 0 Å². The van der Waals surface area contributed by atoms with Crippen LogP contribution in [0.4, 0.5) is 5.95 Å². The van der Waals surface area contributed by atoms with Gasteiger partial charge >= 0.3 is 0 Å². The van der Waals surface area contributed by atoms with E-state index in [0.29, 0.717) is 6.54 Å². The highest BCUT2D eigenvalue weighted by Gasteiger charge is 2.25. The molecule has 1 aromatic heterocycles. The summed E-state index contributed by atoms with van der Waals surface area (Å²) in [6.07, 6.45) is 4.69. The molecule has 2 aliphatic heterocycles. The Hall–Kier alpha value is -1.69. The molecule has 0 spiro atoms. The summed E-state index contributed by atoms with van der Waals surface area (Å²) >= 11 is 0. The normalized spacial score (nSPS) is 20.2. The molecule has 3 rings (SSSR count). The van der Waals surface area contributed by atoms with E-state index in [0.717, 1.165) is 51.6 Å². The number of hydrogen-bond donors (Lipinski definition) is 0. The SMILES string of the molecule is O=C(CN1CCN(c2ncccn2)CC1)N1CCC1. The number of carbonyl (C=O) groups excluding carboxylic acids is 1. The second kappa shape index (κ2) is 5.52. The van der Waals surface area contributed by atoms with Crippen LogP contribution < -0.4 is 4.90 Å². The minimum absolute atomic E-state index is 0.274. The molecule has 102 valence electrons. The number of piperazine rings is 1. The van der Waals surface area contributed by atoms with Gasteiger partial charge in [0.15, 0.2) is 0 Å². The second-order valence-electron chi connectivity index (χ2n) is 5.05. The van der Waals surface area contributed by atoms with Gasteiger partial charge in [0.25, 0.3) is 0 Å². The third-order valence-corrected chi connectivity index (χ3v) is 3.77. The van der Waals surface area contributed by atoms with Crippen LogP contribution in [0.15, 0.2) is 18.5 Å². The van der Waals surface area contributed by atoms with Gasteiger partial charge in [0.1, 0.15) is 0 Å². The molecule has 0 N–H and O–H groups in total. The zero-order valence-electron chi connectivity index (χ0n) is 11.0. The van der Waals surface area contributed by atoms with Gasteiger partial charge in [-0.15, -0.1) is 0 Å². The van der Waals surface area contributed by atoms with Crippen molar-refractivity contribution in [1.82, 2.24) is 19.8 Å². The molecule has 0 radical (unpaired) electrons. The van der Waals surface area contributed by atoms with Crippen molar-refractivity contribution in [3.05, 3.63) is 18.5 Å². The molecule has 2 aliphatic rings. The minimum atomic E-state index is 0.274. The van der Waals surface area contributed by atoms with E-state index in [1.165, 1.54) is 0 Å². The fourth-order valence-corrected chi connectivity index (χ4v) is 2.42. The standard InChI is InChI=1S/C13H19N5O/c19-12(17-5-2-6-17)11-16-7-9-18(10-8-16)13-14-3-1-4-15-13/h1,3-4H,2,5-11H2. The van der Waals surface area contributed by atoms with Crippen molar-refractivity contribution >= 4 is 11.9 Å². The fourth-order valence-electron chi connectivity index (χ4n) is 2.42. The monoisotopic (exact) mass is 261 g/mol. The van der Waals surface area contributed by atoms with Crippen LogP contribution in [0.5, 0.6) is 0 Å². The Kier molecular flexibility index (Phi) is 3.59. The lowest BCUT2D eigenvalue weighted by molar-refractivity contribution is -0.135. The van der Waals surface area contributed by atoms with Crippen molar-refractivity contribution < 1.29 is 4.79 Å². The number of nitrogens with zero attached hydrogens (tertiary/aromatic N) is 5. The number of likely N-dealkylation sites (tertiary alicyclic amines) is 1. The van der Waals surface area contributed by atoms with Crippen LogP contribution in [0, 0.1) is 0 Å². The average molecular weight is 261 g/mol. The highest BCUT2D eigenvalue weighted by molar-refractivity contribution is 5.78. The molecule has 19 heavy (non-hydrogen) atoms. The predicted octanol–water partition coefficient (Wildman–Crippen LogP) is -0.169. The Morgan fingerprint density at radius 2 is 1.74 bits per heavy atom. The zero-order valence-corrected chi connectivity index (χ0v) is 11.0. The van der Waals surface area contributed by atoms with Crippen molar-refractivity contribution in [3.8, 4) is 0 Å². The van der Waals surface area contributed by atoms with E-state index in [2.05, 4.69) is 19.8 Å². The van der Waals surface area contributed by atoms with E-state index >= 15 is 0 Å². The Morgan fingerprint density at radius 3 is 2.32 bits per heavy atom. The summed E-state index contributed by atoms with van der Waals surface area (Å²) in [6, 6.07) is 1.82. The summed E-state index contributed by atoms with van der Waals surface area (Å²) in [5.74, 6) is 1.06. The highest BCUT2D eigenvalue weighted by Crippen LogP contribution is 2.11. The Bertz CT molecular complexity index is 426. The largest absolute Gasteiger partial charge is 0.341 e. The molecular weight excluding hydrogens is 242 g/mol. The number of anilines is 1. The molecule has 0 atom stereocenters. The Balaban J connectivity index is 1.48. The maximum atomic E-state index is 11.9. The predicted molar refractivity (Wildman–Crippen MR) is 71.9 cm³/mol. The lowest BCUT2D eigenvalue weighted by atomic mass is 10.2. The molecule has 0 aliphatic carbocycles. The van der Waals surface area contributed by atoms with Crippen molar-refractivity contribution in [2.75, 3.05) is 50.7 Å². The lowest BCUT2D eigenvalue weighted by Crippen LogP contribution is -2.52. The summed E-state index contributed by atoms with van der Waals surface area (Å²) < 4.78 is 0. The van der Waals surface area contributed by atoms with Gasteiger partial charge in [-0.3, -0.25) is 9.69 Å². The molecule has 0 saturated carbocycles. The molecule has 3 heterocycles. The van der Waals surface area contributed by atoms with Gasteiger partial charge in [-0.25, -0.2) is 9.97 Å². The van der Waals surface area contributed by atoms with E-state index < -0.39 is 0 Å². The molecular formula is C13H19N5O. The first-order chi connectivity index (χ1) is 9.33. The Morgan fingerprint density at radius 1 is 1.05 bits per heavy atom. The summed E-state index contributed by atoms with van der Waals surface area (Å²) in [4.78, 5) is 26.7. The second-order valence-corrected chi connectivity index (χ2v) is 5.05. The van der Waals surface area contributed by atoms with Crippen molar-refractivity contribution in [2.24, 2.45) is 0 Å². The number of rotatable bonds is 3. The first-order valence-electron chi connectivity index (χ1n) is 6.85. The maximum absolute atomic E-state index is 11.9. The van der Waals surface area contributed by atoms with Gasteiger partial charge in [-0.1, -0.05) is 0 Å². The molecule has 6 nitrogen and oxygen atoms in total. The summed E-state index contributed by atoms with van der Waals surface area (Å²) in [6.45, 7) is 6.01. The van der Waals surface area contributed by atoms with Crippen LogP contribution in [-0.4, -0.2) is 71.5 Å². The minimum Gasteiger partial charge on any atom is -0.341 e. The maximum Gasteiger partial charge on any atom is 0.236 e. The first kappa shape index (κ1) is 12.3. The van der Waals surface area contributed by atoms with Gasteiger partial charge in [0, 0.05) is 51.7 Å². The van der Waals surface area contributed by atoms with E-state index in [9.17, 15) is 4.79 Å². The smallest absolute Gasteiger partial charge is 0.236 e. The van der Waals surface area contributed by atoms with Crippen molar-refractivity contribution in [2.45, 2.75) is 6.42 Å². The van der Waals surface area contributed by atoms with Gasteiger partial charge in [-0.2, -0.15) is 0 Å². The molecule has 2 saturated heterocycles. The van der Waals surface area contributed by atoms with E-state index in [-0.39, 0.29) is 5.91 Å². The van der Waals surface area contributed by atoms with Gasteiger partial charge < -0.3 is 9.80 Å². The van der Waals surface area contributed by atoms with Gasteiger partial charge in [0.05, 0.1) is 6.54 Å². The number of amides is 1. The Labute approximate surface area is 113 Å². The van der Waals surface area contributed by atoms with Crippen LogP contribution >= 0.6 is 0 Å². The van der Waals surface area contributed by atoms with Crippen LogP contribution in [0.3, 0.4) is 0 Å². The van der Waals surface area contributed by atoms with Crippen LogP contribution in [0.2, 0.25) is 0 Å². The number of hydrogen-bond acceptors (Lipinski definition) is 5. The molecule has 0 bridgehead atoms. The molecule has 0 unspecified atom stereocenters. The van der Waals surface area contributed by atoms with Crippen molar-refractivity contribution in [3.63, 3.8) is 0 Å². The molecule has 0 aromatic carbocycles. The number of carbonyl (C=O) groups is 1. The van der Waals surface area contributed by atoms with Gasteiger partial charge in [-0.05, 0) is 12.5 Å². The van der Waals surface area contributed by atoms with Crippen LogP contribution in [-0.2, 0) is 4.79 Å². The van der Waals surface area contributed by atoms with E-state index in [4.69, 9.17) is 0 Å². The third-order valence-electron chi connectivity index (χ3n) is 3.77. The number of aromatic nitrogens is 2. The first-order valence-corrected chi connectivity index (χ1v) is 6.85. The van der Waals surface area contributed by atoms with Gasteiger partial charge in [0.2, 0.25) is 11.9 Å². The molecule has 1 amide bonds. The fraction of sp³-hybridized carbons (Fsp3) is 0.615. The molecule has 1 aromatic rings.